The third-order valence-corrected chi connectivity index (χ3v) is 3.06. The van der Waals surface area contributed by atoms with Crippen LogP contribution in [0.4, 0.5) is 5.69 Å². The van der Waals surface area contributed by atoms with E-state index in [1.54, 1.807) is 13.2 Å². The molecule has 0 saturated carbocycles. The molecule has 0 saturated heterocycles. The molecule has 112 valence electrons. The maximum atomic E-state index is 12.1. The lowest BCUT2D eigenvalue weighted by molar-refractivity contribution is -0.385. The van der Waals surface area contributed by atoms with Crippen molar-refractivity contribution < 1.29 is 9.72 Å². The zero-order chi connectivity index (χ0) is 15.4. The third kappa shape index (κ3) is 3.44. The molecule has 0 aliphatic carbocycles. The molecule has 9 heteroatoms. The Bertz CT molecular complexity index is 647. The first-order valence-corrected chi connectivity index (χ1v) is 6.42. The van der Waals surface area contributed by atoms with Crippen molar-refractivity contribution in [1.82, 2.24) is 24.5 Å². The van der Waals surface area contributed by atoms with E-state index in [-0.39, 0.29) is 18.1 Å². The summed E-state index contributed by atoms with van der Waals surface area (Å²) < 4.78 is 3.07. The summed E-state index contributed by atoms with van der Waals surface area (Å²) in [5, 5.41) is 18.5. The van der Waals surface area contributed by atoms with Gasteiger partial charge in [-0.15, -0.1) is 0 Å². The molecule has 0 aromatic carbocycles. The molecule has 0 unspecified atom stereocenters. The SMILES string of the molecule is CCn1nccc1CN(C)C(=O)Cn1cc([N+](=O)[O-])cn1. The Balaban J connectivity index is 1.97. The summed E-state index contributed by atoms with van der Waals surface area (Å²) in [6.07, 6.45) is 4.05. The number of rotatable bonds is 6. The fourth-order valence-electron chi connectivity index (χ4n) is 1.90. The maximum absolute atomic E-state index is 12.1. The van der Waals surface area contributed by atoms with Crippen molar-refractivity contribution in [3.63, 3.8) is 0 Å². The van der Waals surface area contributed by atoms with Crippen LogP contribution in [0.25, 0.3) is 0 Å². The predicted molar refractivity (Wildman–Crippen MR) is 73.3 cm³/mol. The van der Waals surface area contributed by atoms with Gasteiger partial charge in [0, 0.05) is 19.8 Å². The molecule has 21 heavy (non-hydrogen) atoms. The number of nitro groups is 1. The Labute approximate surface area is 120 Å². The lowest BCUT2D eigenvalue weighted by Gasteiger charge is -2.17. The largest absolute Gasteiger partial charge is 0.338 e. The van der Waals surface area contributed by atoms with Crippen molar-refractivity contribution >= 4 is 11.6 Å². The molecule has 2 aromatic heterocycles. The number of aromatic nitrogens is 4. The van der Waals surface area contributed by atoms with Gasteiger partial charge in [0.15, 0.2) is 0 Å². The van der Waals surface area contributed by atoms with Crippen LogP contribution < -0.4 is 0 Å². The standard InChI is InChI=1S/C12H16N6O3/c1-3-17-10(4-5-13-17)7-15(2)12(19)9-16-8-11(6-14-16)18(20)21/h4-6,8H,3,7,9H2,1-2H3. The van der Waals surface area contributed by atoms with E-state index in [4.69, 9.17) is 0 Å². The smallest absolute Gasteiger partial charge is 0.307 e. The first-order chi connectivity index (χ1) is 10.0. The van der Waals surface area contributed by atoms with Gasteiger partial charge in [-0.05, 0) is 13.0 Å². The Kier molecular flexibility index (Phi) is 4.31. The van der Waals surface area contributed by atoms with Crippen LogP contribution in [0, 0.1) is 10.1 Å². The maximum Gasteiger partial charge on any atom is 0.307 e. The molecule has 2 aromatic rings. The van der Waals surface area contributed by atoms with Crippen molar-refractivity contribution in [1.29, 1.82) is 0 Å². The number of carbonyl (C=O) groups excluding carboxylic acids is 1. The van der Waals surface area contributed by atoms with Gasteiger partial charge in [0.05, 0.1) is 17.2 Å². The molecule has 2 heterocycles. The average molecular weight is 292 g/mol. The predicted octanol–water partition coefficient (Wildman–Crippen LogP) is 0.666. The van der Waals surface area contributed by atoms with Crippen molar-refractivity contribution in [3.8, 4) is 0 Å². The second-order valence-electron chi connectivity index (χ2n) is 4.54. The van der Waals surface area contributed by atoms with Gasteiger partial charge in [0.1, 0.15) is 18.9 Å². The van der Waals surface area contributed by atoms with Gasteiger partial charge in [-0.1, -0.05) is 0 Å². The van der Waals surface area contributed by atoms with Crippen LogP contribution in [-0.2, 0) is 24.4 Å². The Morgan fingerprint density at radius 1 is 1.48 bits per heavy atom. The van der Waals surface area contributed by atoms with E-state index in [0.717, 1.165) is 18.4 Å². The number of carbonyl (C=O) groups is 1. The number of aryl methyl sites for hydroxylation is 1. The van der Waals surface area contributed by atoms with E-state index in [1.807, 2.05) is 17.7 Å². The summed E-state index contributed by atoms with van der Waals surface area (Å²) in [5.74, 6) is -0.183. The van der Waals surface area contributed by atoms with Gasteiger partial charge in [-0.25, -0.2) is 0 Å². The van der Waals surface area contributed by atoms with E-state index in [2.05, 4.69) is 10.2 Å². The summed E-state index contributed by atoms with van der Waals surface area (Å²) in [4.78, 5) is 23.6. The molecule has 0 spiro atoms. The van der Waals surface area contributed by atoms with Crippen LogP contribution in [0.5, 0.6) is 0 Å². The van der Waals surface area contributed by atoms with Crippen LogP contribution in [0.3, 0.4) is 0 Å². The normalized spacial score (nSPS) is 10.6. The monoisotopic (exact) mass is 292 g/mol. The highest BCUT2D eigenvalue weighted by Crippen LogP contribution is 2.08. The minimum Gasteiger partial charge on any atom is -0.338 e. The second-order valence-corrected chi connectivity index (χ2v) is 4.54. The van der Waals surface area contributed by atoms with E-state index in [1.165, 1.54) is 15.8 Å². The van der Waals surface area contributed by atoms with Crippen LogP contribution in [-0.4, -0.2) is 42.3 Å². The van der Waals surface area contributed by atoms with Crippen LogP contribution >= 0.6 is 0 Å². The molecule has 0 fully saturated rings. The quantitative estimate of drug-likeness (QED) is 0.575. The van der Waals surface area contributed by atoms with Crippen LogP contribution in [0.15, 0.2) is 24.7 Å². The van der Waals surface area contributed by atoms with E-state index < -0.39 is 4.92 Å². The first-order valence-electron chi connectivity index (χ1n) is 6.42. The fourth-order valence-corrected chi connectivity index (χ4v) is 1.90. The zero-order valence-corrected chi connectivity index (χ0v) is 11.8. The third-order valence-electron chi connectivity index (χ3n) is 3.06. The van der Waals surface area contributed by atoms with Gasteiger partial charge in [0.2, 0.25) is 5.91 Å². The number of likely N-dealkylation sites (N-methyl/N-ethyl adjacent to an activating group) is 1. The summed E-state index contributed by atoms with van der Waals surface area (Å²) in [6, 6.07) is 1.85. The van der Waals surface area contributed by atoms with Gasteiger partial charge >= 0.3 is 5.69 Å². The highest BCUT2D eigenvalue weighted by atomic mass is 16.6. The number of amides is 1. The Morgan fingerprint density at radius 3 is 2.86 bits per heavy atom. The van der Waals surface area contributed by atoms with Gasteiger partial charge in [-0.2, -0.15) is 10.2 Å². The molecule has 0 atom stereocenters. The summed E-state index contributed by atoms with van der Waals surface area (Å²) >= 11 is 0. The molecule has 0 radical (unpaired) electrons. The molecular weight excluding hydrogens is 276 g/mol. The van der Waals surface area contributed by atoms with Gasteiger partial charge in [-0.3, -0.25) is 24.3 Å². The van der Waals surface area contributed by atoms with Crippen molar-refractivity contribution in [2.75, 3.05) is 7.05 Å². The molecule has 0 aliphatic heterocycles. The summed E-state index contributed by atoms with van der Waals surface area (Å²) in [7, 11) is 1.67. The first kappa shape index (κ1) is 14.7. The van der Waals surface area contributed by atoms with Crippen molar-refractivity contribution in [2.24, 2.45) is 0 Å². The van der Waals surface area contributed by atoms with Crippen LogP contribution in [0.2, 0.25) is 0 Å². The highest BCUT2D eigenvalue weighted by Gasteiger charge is 2.15. The molecule has 0 N–H and O–H groups in total. The van der Waals surface area contributed by atoms with Gasteiger partial charge < -0.3 is 4.90 Å². The molecule has 0 bridgehead atoms. The molecule has 9 nitrogen and oxygen atoms in total. The lowest BCUT2D eigenvalue weighted by atomic mass is 10.3. The van der Waals surface area contributed by atoms with E-state index in [0.29, 0.717) is 6.54 Å². The number of hydrogen-bond donors (Lipinski definition) is 0. The Hall–Kier alpha value is -2.71. The fraction of sp³-hybridized carbons (Fsp3) is 0.417. The average Bonchev–Trinajstić information content (AvgIpc) is 3.07. The van der Waals surface area contributed by atoms with Crippen LogP contribution in [0.1, 0.15) is 12.6 Å². The Morgan fingerprint density at radius 2 is 2.24 bits per heavy atom. The molecule has 0 aliphatic rings. The lowest BCUT2D eigenvalue weighted by Crippen LogP contribution is -2.30. The topological polar surface area (TPSA) is 99.1 Å². The number of nitrogens with zero attached hydrogens (tertiary/aromatic N) is 6. The minimum absolute atomic E-state index is 0.0371. The molecular formula is C12H16N6O3. The number of hydrogen-bond acceptors (Lipinski definition) is 5. The second kappa shape index (κ2) is 6.16. The zero-order valence-electron chi connectivity index (χ0n) is 11.8. The van der Waals surface area contributed by atoms with Crippen molar-refractivity contribution in [3.05, 3.63) is 40.5 Å². The molecule has 1 amide bonds. The van der Waals surface area contributed by atoms with Gasteiger partial charge in [0.25, 0.3) is 0 Å². The molecule has 2 rings (SSSR count). The van der Waals surface area contributed by atoms with E-state index >= 15 is 0 Å². The van der Waals surface area contributed by atoms with Crippen molar-refractivity contribution in [2.45, 2.75) is 26.6 Å². The summed E-state index contributed by atoms with van der Waals surface area (Å²) in [6.45, 7) is 3.09. The van der Waals surface area contributed by atoms with E-state index in [9.17, 15) is 14.9 Å². The summed E-state index contributed by atoms with van der Waals surface area (Å²) in [5.41, 5.74) is 0.800. The highest BCUT2D eigenvalue weighted by molar-refractivity contribution is 5.75. The minimum atomic E-state index is -0.544.